The molecule has 4 rings (SSSR count). The van der Waals surface area contributed by atoms with E-state index in [0.29, 0.717) is 5.56 Å². The lowest BCUT2D eigenvalue weighted by molar-refractivity contribution is 0.199. The minimum atomic E-state index is -0.416. The van der Waals surface area contributed by atoms with Crippen molar-refractivity contribution in [2.45, 2.75) is 77.0 Å². The lowest BCUT2D eigenvalue weighted by atomic mass is 9.64. The van der Waals surface area contributed by atoms with Gasteiger partial charge in [0.05, 0.1) is 5.02 Å². The van der Waals surface area contributed by atoms with E-state index in [0.717, 1.165) is 23.3 Å². The fraction of sp³-hybridized carbons (Fsp3) is 0.500. The van der Waals surface area contributed by atoms with Crippen molar-refractivity contribution in [2.24, 2.45) is 11.8 Å². The van der Waals surface area contributed by atoms with E-state index >= 15 is 0 Å². The summed E-state index contributed by atoms with van der Waals surface area (Å²) in [6, 6.07) is 11.5. The van der Waals surface area contributed by atoms with Gasteiger partial charge in [-0.15, -0.1) is 0 Å². The summed E-state index contributed by atoms with van der Waals surface area (Å²) in [4.78, 5) is 0. The van der Waals surface area contributed by atoms with Crippen LogP contribution in [0.2, 0.25) is 5.02 Å². The van der Waals surface area contributed by atoms with Gasteiger partial charge in [0.15, 0.2) is 0 Å². The SMILES string of the molecule is CCCCCC[C@@H]1CC[C@@H]2c3ccc(C#Cc4ccc(Cl)c(F)c4)cc3CC[C@@H]2C1. The average Bonchev–Trinajstić information content (AvgIpc) is 2.77. The molecule has 0 unspecified atom stereocenters. The molecule has 0 amide bonds. The van der Waals surface area contributed by atoms with E-state index < -0.39 is 5.82 Å². The average molecular weight is 423 g/mol. The van der Waals surface area contributed by atoms with Crippen molar-refractivity contribution in [2.75, 3.05) is 0 Å². The normalized spacial score (nSPS) is 22.6. The maximum absolute atomic E-state index is 13.6. The summed E-state index contributed by atoms with van der Waals surface area (Å²) >= 11 is 5.76. The van der Waals surface area contributed by atoms with Gasteiger partial charge in [-0.2, -0.15) is 0 Å². The fourth-order valence-corrected chi connectivity index (χ4v) is 5.65. The minimum absolute atomic E-state index is 0.138. The Labute approximate surface area is 186 Å². The van der Waals surface area contributed by atoms with Crippen LogP contribution in [0.5, 0.6) is 0 Å². The minimum Gasteiger partial charge on any atom is -0.205 e. The zero-order valence-electron chi connectivity index (χ0n) is 18.0. The van der Waals surface area contributed by atoms with Crippen molar-refractivity contribution in [1.82, 2.24) is 0 Å². The number of benzene rings is 2. The van der Waals surface area contributed by atoms with Gasteiger partial charge in [-0.3, -0.25) is 0 Å². The van der Waals surface area contributed by atoms with Crippen LogP contribution in [0, 0.1) is 29.5 Å². The molecule has 2 aromatic carbocycles. The molecule has 30 heavy (non-hydrogen) atoms. The van der Waals surface area contributed by atoms with E-state index in [1.165, 1.54) is 75.8 Å². The molecule has 2 aliphatic rings. The van der Waals surface area contributed by atoms with Gasteiger partial charge in [0.25, 0.3) is 0 Å². The second-order valence-electron chi connectivity index (χ2n) is 9.23. The van der Waals surface area contributed by atoms with Crippen molar-refractivity contribution in [3.8, 4) is 11.8 Å². The van der Waals surface area contributed by atoms with E-state index in [1.807, 2.05) is 0 Å². The number of rotatable bonds is 5. The van der Waals surface area contributed by atoms with Gasteiger partial charge in [0.1, 0.15) is 5.82 Å². The van der Waals surface area contributed by atoms with E-state index in [9.17, 15) is 4.39 Å². The first-order valence-corrected chi connectivity index (χ1v) is 12.1. The van der Waals surface area contributed by atoms with Gasteiger partial charge in [-0.05, 0) is 91.3 Å². The molecule has 2 aliphatic carbocycles. The molecule has 158 valence electrons. The van der Waals surface area contributed by atoms with Crippen molar-refractivity contribution in [3.63, 3.8) is 0 Å². The molecule has 1 saturated carbocycles. The summed E-state index contributed by atoms with van der Waals surface area (Å²) < 4.78 is 13.6. The second-order valence-corrected chi connectivity index (χ2v) is 9.63. The molecule has 0 nitrogen and oxygen atoms in total. The van der Waals surface area contributed by atoms with Gasteiger partial charge < -0.3 is 0 Å². The molecule has 2 aromatic rings. The molecule has 0 spiro atoms. The first-order valence-electron chi connectivity index (χ1n) is 11.7. The molecular formula is C28H32ClF. The molecule has 0 N–H and O–H groups in total. The quantitative estimate of drug-likeness (QED) is 0.335. The first-order chi connectivity index (χ1) is 14.6. The Morgan fingerprint density at radius 2 is 1.77 bits per heavy atom. The maximum atomic E-state index is 13.6. The zero-order chi connectivity index (χ0) is 20.9. The molecule has 3 atom stereocenters. The maximum Gasteiger partial charge on any atom is 0.143 e. The Balaban J connectivity index is 1.41. The van der Waals surface area contributed by atoms with E-state index in [-0.39, 0.29) is 5.02 Å². The number of hydrogen-bond acceptors (Lipinski definition) is 0. The smallest absolute Gasteiger partial charge is 0.143 e. The van der Waals surface area contributed by atoms with Gasteiger partial charge in [0, 0.05) is 11.1 Å². The van der Waals surface area contributed by atoms with Crippen molar-refractivity contribution >= 4 is 11.6 Å². The van der Waals surface area contributed by atoms with Gasteiger partial charge >= 0.3 is 0 Å². The topological polar surface area (TPSA) is 0 Å². The standard InChI is InChI=1S/C28H32ClF/c1-2-3-4-5-6-20-9-14-25-23(17-20)12-13-24-18-21(10-15-26(24)25)7-8-22-11-16-27(29)28(30)19-22/h10-11,15-16,18-20,23,25H,2-6,9,12-14,17H2,1H3/t20-,23-,25+/m1/s1. The number of unbranched alkanes of at least 4 members (excludes halogenated alkanes) is 3. The third-order valence-corrected chi connectivity index (χ3v) is 7.46. The zero-order valence-corrected chi connectivity index (χ0v) is 18.8. The largest absolute Gasteiger partial charge is 0.205 e. The van der Waals surface area contributed by atoms with Crippen LogP contribution in [0.1, 0.15) is 92.9 Å². The predicted octanol–water partition coefficient (Wildman–Crippen LogP) is 8.30. The molecular weight excluding hydrogens is 391 g/mol. The summed E-state index contributed by atoms with van der Waals surface area (Å²) in [6.07, 6.45) is 13.7. The van der Waals surface area contributed by atoms with Crippen LogP contribution in [0.4, 0.5) is 4.39 Å². The van der Waals surface area contributed by atoms with Crippen LogP contribution >= 0.6 is 11.6 Å². The molecule has 0 aliphatic heterocycles. The molecule has 0 aromatic heterocycles. The third-order valence-electron chi connectivity index (χ3n) is 7.15. The van der Waals surface area contributed by atoms with Gasteiger partial charge in [-0.25, -0.2) is 4.39 Å². The van der Waals surface area contributed by atoms with Crippen molar-refractivity contribution in [3.05, 3.63) is 69.5 Å². The van der Waals surface area contributed by atoms with Gasteiger partial charge in [-0.1, -0.05) is 68.5 Å². The molecule has 0 saturated heterocycles. The first kappa shape index (κ1) is 21.5. The highest BCUT2D eigenvalue weighted by Crippen LogP contribution is 2.48. The molecule has 0 bridgehead atoms. The summed E-state index contributed by atoms with van der Waals surface area (Å²) in [7, 11) is 0. The van der Waals surface area contributed by atoms with Crippen LogP contribution in [-0.2, 0) is 6.42 Å². The summed E-state index contributed by atoms with van der Waals surface area (Å²) in [6.45, 7) is 2.29. The number of halogens is 2. The Bertz CT molecular complexity index is 935. The highest BCUT2D eigenvalue weighted by molar-refractivity contribution is 6.30. The van der Waals surface area contributed by atoms with Crippen LogP contribution in [0.25, 0.3) is 0 Å². The molecule has 1 fully saturated rings. The predicted molar refractivity (Wildman–Crippen MR) is 124 cm³/mol. The Morgan fingerprint density at radius 1 is 0.967 bits per heavy atom. The van der Waals surface area contributed by atoms with E-state index in [1.54, 1.807) is 17.7 Å². The van der Waals surface area contributed by atoms with Crippen LogP contribution in [-0.4, -0.2) is 0 Å². The van der Waals surface area contributed by atoms with Crippen LogP contribution in [0.15, 0.2) is 36.4 Å². The van der Waals surface area contributed by atoms with E-state index in [4.69, 9.17) is 11.6 Å². The highest BCUT2D eigenvalue weighted by atomic mass is 35.5. The second kappa shape index (κ2) is 10.0. The number of fused-ring (bicyclic) bond motifs is 3. The lowest BCUT2D eigenvalue weighted by Crippen LogP contribution is -2.28. The number of aryl methyl sites for hydroxylation is 1. The van der Waals surface area contributed by atoms with E-state index in [2.05, 4.69) is 37.0 Å². The molecule has 0 heterocycles. The summed E-state index contributed by atoms with van der Waals surface area (Å²) in [5.41, 5.74) is 4.73. The highest BCUT2D eigenvalue weighted by Gasteiger charge is 2.34. The van der Waals surface area contributed by atoms with Crippen molar-refractivity contribution in [1.29, 1.82) is 0 Å². The van der Waals surface area contributed by atoms with Crippen LogP contribution in [0.3, 0.4) is 0 Å². The summed E-state index contributed by atoms with van der Waals surface area (Å²) in [5, 5.41) is 0.138. The third kappa shape index (κ3) is 5.09. The fourth-order valence-electron chi connectivity index (χ4n) is 5.53. The monoisotopic (exact) mass is 422 g/mol. The van der Waals surface area contributed by atoms with Gasteiger partial charge in [0.2, 0.25) is 0 Å². The van der Waals surface area contributed by atoms with Crippen LogP contribution < -0.4 is 0 Å². The summed E-state index contributed by atoms with van der Waals surface area (Å²) in [5.74, 6) is 8.44. The Kier molecular flexibility index (Phi) is 7.16. The Hall–Kier alpha value is -1.78. The number of hydrogen-bond donors (Lipinski definition) is 0. The molecule has 0 radical (unpaired) electrons. The lowest BCUT2D eigenvalue weighted by Gasteiger charge is -2.40. The molecule has 2 heteroatoms. The van der Waals surface area contributed by atoms with Crippen molar-refractivity contribution < 1.29 is 4.39 Å². The Morgan fingerprint density at radius 3 is 2.57 bits per heavy atom.